The topological polar surface area (TPSA) is 67.8 Å². The van der Waals surface area contributed by atoms with E-state index in [2.05, 4.69) is 5.32 Å². The highest BCUT2D eigenvalue weighted by Gasteiger charge is 2.36. The normalized spacial score (nSPS) is 26.0. The SMILES string of the molecule is O=C(O)CCC(OCCC1CC1)OCCC1CC1CNCCCC1CC1. The predicted molar refractivity (Wildman–Crippen MR) is 101 cm³/mol. The van der Waals surface area contributed by atoms with E-state index in [1.54, 1.807) is 0 Å². The average Bonchev–Trinajstić information content (AvgIpc) is 3.45. The first kappa shape index (κ1) is 20.1. The van der Waals surface area contributed by atoms with Gasteiger partial charge in [-0.3, -0.25) is 4.79 Å². The summed E-state index contributed by atoms with van der Waals surface area (Å²) in [5.41, 5.74) is 0. The first-order valence-corrected chi connectivity index (χ1v) is 10.9. The number of carbonyl (C=O) groups is 1. The van der Waals surface area contributed by atoms with Crippen LogP contribution in [-0.4, -0.2) is 43.7 Å². The molecule has 3 atom stereocenters. The summed E-state index contributed by atoms with van der Waals surface area (Å²) in [7, 11) is 0. The highest BCUT2D eigenvalue weighted by molar-refractivity contribution is 5.66. The Morgan fingerprint density at radius 3 is 2.38 bits per heavy atom. The molecule has 0 aromatic carbocycles. The Labute approximate surface area is 158 Å². The fourth-order valence-electron chi connectivity index (χ4n) is 3.70. The van der Waals surface area contributed by atoms with Gasteiger partial charge >= 0.3 is 5.97 Å². The second-order valence-corrected chi connectivity index (χ2v) is 8.67. The third-order valence-electron chi connectivity index (χ3n) is 6.05. The molecule has 0 bridgehead atoms. The zero-order valence-corrected chi connectivity index (χ0v) is 16.2. The van der Waals surface area contributed by atoms with E-state index in [0.717, 1.165) is 43.1 Å². The third kappa shape index (κ3) is 8.83. The zero-order chi connectivity index (χ0) is 18.2. The number of ether oxygens (including phenoxy) is 2. The van der Waals surface area contributed by atoms with E-state index in [0.29, 0.717) is 19.6 Å². The molecule has 3 aliphatic rings. The minimum atomic E-state index is -0.778. The van der Waals surface area contributed by atoms with E-state index >= 15 is 0 Å². The van der Waals surface area contributed by atoms with Crippen LogP contribution in [0.3, 0.4) is 0 Å². The van der Waals surface area contributed by atoms with Crippen LogP contribution in [0.5, 0.6) is 0 Å². The Bertz CT molecular complexity index is 422. The number of carboxylic acids is 1. The fraction of sp³-hybridized carbons (Fsp3) is 0.952. The molecule has 0 radical (unpaired) electrons. The van der Waals surface area contributed by atoms with Gasteiger partial charge in [-0.1, -0.05) is 25.7 Å². The molecule has 5 nitrogen and oxygen atoms in total. The van der Waals surface area contributed by atoms with Crippen LogP contribution in [0.2, 0.25) is 0 Å². The largest absolute Gasteiger partial charge is 0.481 e. The van der Waals surface area contributed by atoms with Gasteiger partial charge in [0.15, 0.2) is 6.29 Å². The summed E-state index contributed by atoms with van der Waals surface area (Å²) in [6.45, 7) is 3.71. The maximum absolute atomic E-state index is 10.8. The van der Waals surface area contributed by atoms with E-state index in [1.165, 1.54) is 51.5 Å². The molecule has 2 N–H and O–H groups in total. The average molecular weight is 368 g/mol. The second kappa shape index (κ2) is 10.6. The van der Waals surface area contributed by atoms with E-state index in [9.17, 15) is 4.79 Å². The fourth-order valence-corrected chi connectivity index (χ4v) is 3.70. The molecule has 0 aromatic rings. The summed E-state index contributed by atoms with van der Waals surface area (Å²) < 4.78 is 11.7. The second-order valence-electron chi connectivity index (χ2n) is 8.67. The Morgan fingerprint density at radius 2 is 1.69 bits per heavy atom. The minimum Gasteiger partial charge on any atom is -0.481 e. The molecule has 0 saturated heterocycles. The van der Waals surface area contributed by atoms with Crippen LogP contribution in [-0.2, 0) is 14.3 Å². The lowest BCUT2D eigenvalue weighted by atomic mass is 10.2. The van der Waals surface area contributed by atoms with E-state index in [4.69, 9.17) is 14.6 Å². The molecule has 3 unspecified atom stereocenters. The molecule has 3 fully saturated rings. The van der Waals surface area contributed by atoms with Crippen LogP contribution >= 0.6 is 0 Å². The molecular formula is C21H37NO4. The van der Waals surface area contributed by atoms with Gasteiger partial charge in [-0.05, 0) is 68.9 Å². The van der Waals surface area contributed by atoms with Crippen molar-refractivity contribution in [2.24, 2.45) is 23.7 Å². The van der Waals surface area contributed by atoms with Crippen LogP contribution < -0.4 is 5.32 Å². The zero-order valence-electron chi connectivity index (χ0n) is 16.2. The summed E-state index contributed by atoms with van der Waals surface area (Å²) in [4.78, 5) is 10.8. The summed E-state index contributed by atoms with van der Waals surface area (Å²) >= 11 is 0. The van der Waals surface area contributed by atoms with Crippen molar-refractivity contribution >= 4 is 5.97 Å². The van der Waals surface area contributed by atoms with Crippen molar-refractivity contribution in [2.75, 3.05) is 26.3 Å². The lowest BCUT2D eigenvalue weighted by Gasteiger charge is -2.18. The summed E-state index contributed by atoms with van der Waals surface area (Å²) in [6, 6.07) is 0. The molecule has 26 heavy (non-hydrogen) atoms. The minimum absolute atomic E-state index is 0.116. The Kier molecular flexibility index (Phi) is 8.21. The van der Waals surface area contributed by atoms with E-state index < -0.39 is 5.97 Å². The van der Waals surface area contributed by atoms with Gasteiger partial charge in [0, 0.05) is 13.0 Å². The molecule has 0 aromatic heterocycles. The first-order valence-electron chi connectivity index (χ1n) is 10.9. The van der Waals surface area contributed by atoms with Crippen molar-refractivity contribution in [3.63, 3.8) is 0 Å². The summed E-state index contributed by atoms with van der Waals surface area (Å²) in [5.74, 6) is 2.69. The Morgan fingerprint density at radius 1 is 1.00 bits per heavy atom. The molecule has 0 aliphatic heterocycles. The smallest absolute Gasteiger partial charge is 0.303 e. The van der Waals surface area contributed by atoms with Crippen molar-refractivity contribution < 1.29 is 19.4 Å². The number of rotatable bonds is 17. The summed E-state index contributed by atoms with van der Waals surface area (Å²) in [5, 5.41) is 12.5. The molecule has 5 heteroatoms. The molecule has 0 amide bonds. The van der Waals surface area contributed by atoms with Crippen LogP contribution in [0, 0.1) is 23.7 Å². The third-order valence-corrected chi connectivity index (χ3v) is 6.05. The Balaban J connectivity index is 1.18. The lowest BCUT2D eigenvalue weighted by molar-refractivity contribution is -0.157. The molecular weight excluding hydrogens is 330 g/mol. The molecule has 3 rings (SSSR count). The van der Waals surface area contributed by atoms with Crippen LogP contribution in [0.1, 0.15) is 70.6 Å². The molecule has 150 valence electrons. The van der Waals surface area contributed by atoms with Crippen molar-refractivity contribution in [2.45, 2.75) is 76.9 Å². The van der Waals surface area contributed by atoms with Gasteiger partial charge in [0.2, 0.25) is 0 Å². The van der Waals surface area contributed by atoms with Gasteiger partial charge in [0.25, 0.3) is 0 Å². The van der Waals surface area contributed by atoms with Gasteiger partial charge < -0.3 is 19.9 Å². The highest BCUT2D eigenvalue weighted by Crippen LogP contribution is 2.40. The van der Waals surface area contributed by atoms with Crippen LogP contribution in [0.25, 0.3) is 0 Å². The predicted octanol–water partition coefficient (Wildman–Crippen LogP) is 3.82. The van der Waals surface area contributed by atoms with Gasteiger partial charge in [-0.25, -0.2) is 0 Å². The van der Waals surface area contributed by atoms with Gasteiger partial charge in [-0.15, -0.1) is 0 Å². The lowest BCUT2D eigenvalue weighted by Crippen LogP contribution is -2.21. The number of hydrogen-bond donors (Lipinski definition) is 2. The highest BCUT2D eigenvalue weighted by atomic mass is 16.7. The van der Waals surface area contributed by atoms with Gasteiger partial charge in [0.05, 0.1) is 13.0 Å². The maximum Gasteiger partial charge on any atom is 0.303 e. The first-order chi connectivity index (χ1) is 12.7. The van der Waals surface area contributed by atoms with Crippen molar-refractivity contribution in [3.8, 4) is 0 Å². The summed E-state index contributed by atoms with van der Waals surface area (Å²) in [6.07, 6.45) is 12.0. The van der Waals surface area contributed by atoms with Crippen molar-refractivity contribution in [1.29, 1.82) is 0 Å². The molecule has 0 spiro atoms. The van der Waals surface area contributed by atoms with E-state index in [1.807, 2.05) is 0 Å². The number of hydrogen-bond acceptors (Lipinski definition) is 4. The standard InChI is InChI=1S/C21H37NO4/c23-20(24)7-8-21(25-12-9-17-5-6-17)26-13-10-18-14-19(18)15-22-11-1-2-16-3-4-16/h16-19,21-22H,1-15H2,(H,23,24). The monoisotopic (exact) mass is 367 g/mol. The number of nitrogens with one attached hydrogen (secondary N) is 1. The van der Waals surface area contributed by atoms with Crippen molar-refractivity contribution in [1.82, 2.24) is 5.32 Å². The maximum atomic E-state index is 10.8. The van der Waals surface area contributed by atoms with Crippen LogP contribution in [0.15, 0.2) is 0 Å². The van der Waals surface area contributed by atoms with Gasteiger partial charge in [0.1, 0.15) is 0 Å². The van der Waals surface area contributed by atoms with Crippen LogP contribution in [0.4, 0.5) is 0 Å². The number of aliphatic carboxylic acids is 1. The van der Waals surface area contributed by atoms with E-state index in [-0.39, 0.29) is 12.7 Å². The quantitative estimate of drug-likeness (QED) is 0.302. The number of carboxylic acid groups (broad SMARTS) is 1. The van der Waals surface area contributed by atoms with Gasteiger partial charge in [-0.2, -0.15) is 0 Å². The van der Waals surface area contributed by atoms with Crippen molar-refractivity contribution in [3.05, 3.63) is 0 Å². The molecule has 3 aliphatic carbocycles. The Hall–Kier alpha value is -0.650. The molecule has 0 heterocycles. The molecule has 3 saturated carbocycles.